The number of carbonyl (C=O) groups excluding carboxylic acids is 1. The Labute approximate surface area is 125 Å². The predicted molar refractivity (Wildman–Crippen MR) is 76.1 cm³/mol. The Morgan fingerprint density at radius 3 is 2.33 bits per heavy atom. The smallest absolute Gasteiger partial charge is 0.234 e. The molecule has 4 saturated heterocycles. The van der Waals surface area contributed by atoms with E-state index in [9.17, 15) is 15.0 Å². The van der Waals surface area contributed by atoms with Gasteiger partial charge < -0.3 is 20.4 Å². The summed E-state index contributed by atoms with van der Waals surface area (Å²) in [7, 11) is 0. The lowest BCUT2D eigenvalue weighted by Gasteiger charge is -2.58. The van der Waals surface area contributed by atoms with E-state index in [4.69, 9.17) is 0 Å². The zero-order chi connectivity index (χ0) is 14.6. The molecule has 5 fully saturated rings. The van der Waals surface area contributed by atoms with Gasteiger partial charge in [0.05, 0.1) is 12.1 Å². The number of nitrogens with zero attached hydrogens (tertiary/aromatic N) is 2. The summed E-state index contributed by atoms with van der Waals surface area (Å²) in [6.45, 7) is 3.45. The first-order valence-corrected chi connectivity index (χ1v) is 8.18. The number of hydrogen-bond acceptors (Lipinski definition) is 5. The van der Waals surface area contributed by atoms with Crippen molar-refractivity contribution >= 4 is 5.91 Å². The second kappa shape index (κ2) is 4.91. The summed E-state index contributed by atoms with van der Waals surface area (Å²) < 4.78 is 0. The topological polar surface area (TPSA) is 76.0 Å². The average Bonchev–Trinajstić information content (AvgIpc) is 2.68. The van der Waals surface area contributed by atoms with Gasteiger partial charge in [-0.3, -0.25) is 4.79 Å². The molecule has 4 aliphatic heterocycles. The number of carbonyl (C=O) groups is 1. The van der Waals surface area contributed by atoms with Gasteiger partial charge in [0.2, 0.25) is 5.91 Å². The highest BCUT2D eigenvalue weighted by Gasteiger charge is 2.51. The molecule has 4 heterocycles. The molecule has 0 radical (unpaired) electrons. The van der Waals surface area contributed by atoms with Crippen LogP contribution < -0.4 is 5.32 Å². The predicted octanol–water partition coefficient (Wildman–Crippen LogP) is -0.680. The molecule has 6 heteroatoms. The van der Waals surface area contributed by atoms with Crippen LogP contribution in [-0.2, 0) is 4.79 Å². The van der Waals surface area contributed by atoms with E-state index in [2.05, 4.69) is 10.2 Å². The molecule has 4 bridgehead atoms. The first kappa shape index (κ1) is 13.9. The Morgan fingerprint density at radius 2 is 1.76 bits per heavy atom. The number of amides is 1. The maximum absolute atomic E-state index is 12.4. The molecule has 4 unspecified atom stereocenters. The minimum atomic E-state index is -0.689. The number of hydrogen-bond donors (Lipinski definition) is 3. The van der Waals surface area contributed by atoms with Crippen LogP contribution in [0.3, 0.4) is 0 Å². The Morgan fingerprint density at radius 1 is 1.14 bits per heavy atom. The molecule has 21 heavy (non-hydrogen) atoms. The molecular weight excluding hydrogens is 270 g/mol. The Bertz CT molecular complexity index is 397. The van der Waals surface area contributed by atoms with Gasteiger partial charge in [-0.15, -0.1) is 0 Å². The number of aliphatic hydroxyl groups is 2. The fraction of sp³-hybridized carbons (Fsp3) is 0.933. The Hall–Kier alpha value is -0.690. The van der Waals surface area contributed by atoms with Gasteiger partial charge in [0, 0.05) is 19.6 Å². The third-order valence-electron chi connectivity index (χ3n) is 5.76. The van der Waals surface area contributed by atoms with Gasteiger partial charge in [-0.05, 0) is 43.9 Å². The first-order valence-electron chi connectivity index (χ1n) is 8.18. The number of nitrogens with one attached hydrogen (secondary N) is 1. The van der Waals surface area contributed by atoms with Crippen molar-refractivity contribution in [2.24, 2.45) is 11.8 Å². The van der Waals surface area contributed by atoms with E-state index in [1.54, 1.807) is 0 Å². The third-order valence-corrected chi connectivity index (χ3v) is 5.76. The van der Waals surface area contributed by atoms with Crippen LogP contribution in [0.15, 0.2) is 0 Å². The molecule has 4 atom stereocenters. The standard InChI is InChI=1S/C15H25N3O3/c19-12(8-18-13(20)1-2-14(18)21)16-15-4-10-3-11(5-15)7-17(6-10)9-15/h10-11,13-14,20-21H,1-9H2,(H,16,19). The lowest BCUT2D eigenvalue weighted by atomic mass is 9.64. The number of likely N-dealkylation sites (tertiary alicyclic amines) is 1. The molecule has 0 aromatic heterocycles. The lowest BCUT2D eigenvalue weighted by Crippen LogP contribution is -2.69. The van der Waals surface area contributed by atoms with Crippen molar-refractivity contribution in [1.29, 1.82) is 0 Å². The van der Waals surface area contributed by atoms with Crippen LogP contribution in [0.2, 0.25) is 0 Å². The summed E-state index contributed by atoms with van der Waals surface area (Å²) in [5, 5.41) is 22.9. The van der Waals surface area contributed by atoms with Gasteiger partial charge in [0.15, 0.2) is 0 Å². The zero-order valence-corrected chi connectivity index (χ0v) is 12.4. The lowest BCUT2D eigenvalue weighted by molar-refractivity contribution is -0.135. The van der Waals surface area contributed by atoms with Gasteiger partial charge in [-0.2, -0.15) is 0 Å². The summed E-state index contributed by atoms with van der Waals surface area (Å²) in [6.07, 6.45) is 3.21. The second-order valence-corrected chi connectivity index (χ2v) is 7.61. The van der Waals surface area contributed by atoms with Gasteiger partial charge in [0.25, 0.3) is 0 Å². The molecule has 1 aliphatic carbocycles. The van der Waals surface area contributed by atoms with Crippen molar-refractivity contribution in [3.8, 4) is 0 Å². The highest BCUT2D eigenvalue weighted by molar-refractivity contribution is 5.79. The molecule has 1 amide bonds. The molecule has 6 nitrogen and oxygen atoms in total. The van der Waals surface area contributed by atoms with Crippen molar-refractivity contribution in [2.75, 3.05) is 26.2 Å². The van der Waals surface area contributed by atoms with E-state index in [1.165, 1.54) is 24.4 Å². The molecule has 0 aromatic rings. The molecule has 0 aromatic carbocycles. The van der Waals surface area contributed by atoms with Crippen molar-refractivity contribution in [3.05, 3.63) is 0 Å². The van der Waals surface area contributed by atoms with Crippen LogP contribution in [0, 0.1) is 11.8 Å². The van der Waals surface area contributed by atoms with E-state index >= 15 is 0 Å². The molecule has 0 spiro atoms. The summed E-state index contributed by atoms with van der Waals surface area (Å²) in [6, 6.07) is 0. The van der Waals surface area contributed by atoms with Crippen LogP contribution in [0.25, 0.3) is 0 Å². The molecule has 1 saturated carbocycles. The Kier molecular flexibility index (Phi) is 3.26. The summed E-state index contributed by atoms with van der Waals surface area (Å²) in [5.74, 6) is 1.40. The maximum atomic E-state index is 12.4. The van der Waals surface area contributed by atoms with E-state index in [0.717, 1.165) is 31.2 Å². The summed E-state index contributed by atoms with van der Waals surface area (Å²) >= 11 is 0. The van der Waals surface area contributed by atoms with Gasteiger partial charge in [-0.1, -0.05) is 0 Å². The number of aliphatic hydroxyl groups excluding tert-OH is 2. The van der Waals surface area contributed by atoms with Crippen molar-refractivity contribution in [2.45, 2.75) is 50.1 Å². The van der Waals surface area contributed by atoms with Gasteiger partial charge in [-0.25, -0.2) is 4.90 Å². The van der Waals surface area contributed by atoms with E-state index < -0.39 is 12.5 Å². The molecule has 5 rings (SSSR count). The highest BCUT2D eigenvalue weighted by Crippen LogP contribution is 2.45. The van der Waals surface area contributed by atoms with Crippen LogP contribution in [0.5, 0.6) is 0 Å². The maximum Gasteiger partial charge on any atom is 0.234 e. The minimum Gasteiger partial charge on any atom is -0.378 e. The number of rotatable bonds is 3. The minimum absolute atomic E-state index is 0.0573. The van der Waals surface area contributed by atoms with Crippen LogP contribution >= 0.6 is 0 Å². The number of piperidine rings is 3. The highest BCUT2D eigenvalue weighted by atomic mass is 16.3. The first-order chi connectivity index (χ1) is 10.0. The monoisotopic (exact) mass is 295 g/mol. The molecule has 118 valence electrons. The van der Waals surface area contributed by atoms with E-state index in [1.807, 2.05) is 0 Å². The van der Waals surface area contributed by atoms with Gasteiger partial charge >= 0.3 is 0 Å². The largest absolute Gasteiger partial charge is 0.378 e. The van der Waals surface area contributed by atoms with Gasteiger partial charge in [0.1, 0.15) is 12.5 Å². The van der Waals surface area contributed by atoms with Crippen molar-refractivity contribution in [1.82, 2.24) is 15.1 Å². The normalized spacial score (nSPS) is 48.8. The van der Waals surface area contributed by atoms with Crippen molar-refractivity contribution in [3.63, 3.8) is 0 Å². The van der Waals surface area contributed by atoms with Crippen molar-refractivity contribution < 1.29 is 15.0 Å². The summed E-state index contributed by atoms with van der Waals surface area (Å²) in [4.78, 5) is 16.4. The average molecular weight is 295 g/mol. The van der Waals surface area contributed by atoms with Crippen LogP contribution in [0.4, 0.5) is 0 Å². The van der Waals surface area contributed by atoms with E-state index in [0.29, 0.717) is 12.8 Å². The molecule has 3 N–H and O–H groups in total. The SMILES string of the molecule is O=C(CN1C(O)CCC1O)NC12CC3CC(CN(C3)C1)C2. The third kappa shape index (κ3) is 2.48. The Balaban J connectivity index is 1.40. The quantitative estimate of drug-likeness (QED) is 0.643. The van der Waals surface area contributed by atoms with Crippen LogP contribution in [0.1, 0.15) is 32.1 Å². The van der Waals surface area contributed by atoms with E-state index in [-0.39, 0.29) is 18.0 Å². The fourth-order valence-corrected chi connectivity index (χ4v) is 5.28. The molecule has 5 aliphatic rings. The fourth-order valence-electron chi connectivity index (χ4n) is 5.28. The second-order valence-electron chi connectivity index (χ2n) is 7.61. The summed E-state index contributed by atoms with van der Waals surface area (Å²) in [5.41, 5.74) is -0.0587. The molecular formula is C15H25N3O3. The zero-order valence-electron chi connectivity index (χ0n) is 12.4. The van der Waals surface area contributed by atoms with Crippen LogP contribution in [-0.4, -0.2) is 70.1 Å².